The summed E-state index contributed by atoms with van der Waals surface area (Å²) >= 11 is 1.40. The summed E-state index contributed by atoms with van der Waals surface area (Å²) in [7, 11) is 0. The SMILES string of the molecule is O=C(NC1CCN(C(=O)c2cccs2)CC1)c1ccc(C(F)(F)F)cc1. The van der Waals surface area contributed by atoms with E-state index in [1.54, 1.807) is 11.0 Å². The van der Waals surface area contributed by atoms with Crippen LogP contribution in [0.2, 0.25) is 0 Å². The van der Waals surface area contributed by atoms with Crippen LogP contribution < -0.4 is 5.32 Å². The Balaban J connectivity index is 1.53. The fourth-order valence-corrected chi connectivity index (χ4v) is 3.55. The summed E-state index contributed by atoms with van der Waals surface area (Å²) in [6, 6.07) is 7.66. The van der Waals surface area contributed by atoms with Crippen LogP contribution in [0.4, 0.5) is 13.2 Å². The standard InChI is InChI=1S/C18H17F3N2O2S/c19-18(20,21)13-5-3-12(4-6-13)16(24)22-14-7-9-23(10-8-14)17(25)15-2-1-11-26-15/h1-6,11,14H,7-10H2,(H,22,24). The number of amides is 2. The molecule has 26 heavy (non-hydrogen) atoms. The second-order valence-electron chi connectivity index (χ2n) is 6.09. The lowest BCUT2D eigenvalue weighted by Gasteiger charge is -2.32. The minimum atomic E-state index is -4.42. The molecule has 1 aromatic carbocycles. The lowest BCUT2D eigenvalue weighted by atomic mass is 10.0. The van der Waals surface area contributed by atoms with E-state index in [0.717, 1.165) is 12.1 Å². The molecule has 2 amide bonds. The van der Waals surface area contributed by atoms with Crippen molar-refractivity contribution in [1.29, 1.82) is 0 Å². The van der Waals surface area contributed by atoms with E-state index in [1.807, 2.05) is 11.4 Å². The fraction of sp³-hybridized carbons (Fsp3) is 0.333. The van der Waals surface area contributed by atoms with E-state index in [9.17, 15) is 22.8 Å². The predicted octanol–water partition coefficient (Wildman–Crippen LogP) is 3.80. The number of carbonyl (C=O) groups is 2. The van der Waals surface area contributed by atoms with Crippen LogP contribution in [0.1, 0.15) is 38.4 Å². The molecular weight excluding hydrogens is 365 g/mol. The van der Waals surface area contributed by atoms with Gasteiger partial charge in [0, 0.05) is 24.7 Å². The van der Waals surface area contributed by atoms with E-state index in [4.69, 9.17) is 0 Å². The van der Waals surface area contributed by atoms with Crippen molar-refractivity contribution in [3.8, 4) is 0 Å². The molecule has 0 aliphatic carbocycles. The molecule has 0 saturated carbocycles. The zero-order valence-electron chi connectivity index (χ0n) is 13.8. The van der Waals surface area contributed by atoms with Crippen LogP contribution >= 0.6 is 11.3 Å². The van der Waals surface area contributed by atoms with Crippen molar-refractivity contribution in [3.63, 3.8) is 0 Å². The maximum atomic E-state index is 12.6. The third kappa shape index (κ3) is 4.24. The molecule has 0 unspecified atom stereocenters. The molecule has 1 aliphatic rings. The van der Waals surface area contributed by atoms with Crippen molar-refractivity contribution in [1.82, 2.24) is 10.2 Å². The Morgan fingerprint density at radius 1 is 1.08 bits per heavy atom. The number of piperidine rings is 1. The minimum Gasteiger partial charge on any atom is -0.349 e. The van der Waals surface area contributed by atoms with E-state index in [0.29, 0.717) is 30.8 Å². The lowest BCUT2D eigenvalue weighted by Crippen LogP contribution is -2.46. The number of rotatable bonds is 3. The van der Waals surface area contributed by atoms with Crippen molar-refractivity contribution in [2.45, 2.75) is 25.1 Å². The van der Waals surface area contributed by atoms with Gasteiger partial charge in [-0.2, -0.15) is 13.2 Å². The zero-order valence-corrected chi connectivity index (χ0v) is 14.6. The van der Waals surface area contributed by atoms with Crippen molar-refractivity contribution < 1.29 is 22.8 Å². The highest BCUT2D eigenvalue weighted by atomic mass is 32.1. The van der Waals surface area contributed by atoms with Crippen LogP contribution in [-0.4, -0.2) is 35.8 Å². The smallest absolute Gasteiger partial charge is 0.349 e. The Kier molecular flexibility index (Phi) is 5.31. The molecule has 1 aliphatic heterocycles. The second kappa shape index (κ2) is 7.49. The molecule has 0 spiro atoms. The maximum Gasteiger partial charge on any atom is 0.416 e. The highest BCUT2D eigenvalue weighted by molar-refractivity contribution is 7.12. The summed E-state index contributed by atoms with van der Waals surface area (Å²) in [6.07, 6.45) is -3.19. The van der Waals surface area contributed by atoms with Gasteiger partial charge < -0.3 is 10.2 Å². The van der Waals surface area contributed by atoms with Gasteiger partial charge in [0.25, 0.3) is 11.8 Å². The summed E-state index contributed by atoms with van der Waals surface area (Å²) < 4.78 is 37.7. The number of alkyl halides is 3. The van der Waals surface area contributed by atoms with Gasteiger partial charge in [-0.05, 0) is 48.6 Å². The van der Waals surface area contributed by atoms with Crippen molar-refractivity contribution in [3.05, 3.63) is 57.8 Å². The number of benzene rings is 1. The molecular formula is C18H17F3N2O2S. The molecule has 1 aromatic heterocycles. The number of nitrogens with one attached hydrogen (secondary N) is 1. The van der Waals surface area contributed by atoms with Crippen LogP contribution in [-0.2, 0) is 6.18 Å². The van der Waals surface area contributed by atoms with E-state index in [-0.39, 0.29) is 17.5 Å². The Labute approximate surface area is 152 Å². The van der Waals surface area contributed by atoms with Gasteiger partial charge in [-0.15, -0.1) is 11.3 Å². The summed E-state index contributed by atoms with van der Waals surface area (Å²) in [5.74, 6) is -0.408. The molecule has 138 valence electrons. The number of likely N-dealkylation sites (tertiary alicyclic amines) is 1. The van der Waals surface area contributed by atoms with Crippen LogP contribution in [0, 0.1) is 0 Å². The molecule has 4 nitrogen and oxygen atoms in total. The largest absolute Gasteiger partial charge is 0.416 e. The topological polar surface area (TPSA) is 49.4 Å². The normalized spacial score (nSPS) is 15.7. The third-order valence-electron chi connectivity index (χ3n) is 4.32. The lowest BCUT2D eigenvalue weighted by molar-refractivity contribution is -0.137. The molecule has 0 bridgehead atoms. The quantitative estimate of drug-likeness (QED) is 0.878. The zero-order chi connectivity index (χ0) is 18.7. The van der Waals surface area contributed by atoms with Gasteiger partial charge in [0.1, 0.15) is 0 Å². The van der Waals surface area contributed by atoms with Crippen molar-refractivity contribution in [2.24, 2.45) is 0 Å². The Hall–Kier alpha value is -2.35. The van der Waals surface area contributed by atoms with Gasteiger partial charge >= 0.3 is 6.18 Å². The van der Waals surface area contributed by atoms with Gasteiger partial charge in [0.05, 0.1) is 10.4 Å². The first-order valence-corrected chi connectivity index (χ1v) is 9.03. The van der Waals surface area contributed by atoms with Crippen LogP contribution in [0.3, 0.4) is 0 Å². The number of halogens is 3. The molecule has 2 heterocycles. The van der Waals surface area contributed by atoms with E-state index in [1.165, 1.54) is 23.5 Å². The summed E-state index contributed by atoms with van der Waals surface area (Å²) in [4.78, 5) is 26.9. The minimum absolute atomic E-state index is 0.00693. The predicted molar refractivity (Wildman–Crippen MR) is 92.2 cm³/mol. The summed E-state index contributed by atoms with van der Waals surface area (Å²) in [5.41, 5.74) is -0.593. The Morgan fingerprint density at radius 2 is 1.73 bits per heavy atom. The van der Waals surface area contributed by atoms with Gasteiger partial charge in [-0.3, -0.25) is 9.59 Å². The molecule has 0 atom stereocenters. The first kappa shape index (κ1) is 18.4. The average molecular weight is 382 g/mol. The van der Waals surface area contributed by atoms with E-state index in [2.05, 4.69) is 5.32 Å². The van der Waals surface area contributed by atoms with Crippen molar-refractivity contribution >= 4 is 23.2 Å². The fourth-order valence-electron chi connectivity index (χ4n) is 2.86. The molecule has 3 rings (SSSR count). The highest BCUT2D eigenvalue weighted by Gasteiger charge is 2.30. The monoisotopic (exact) mass is 382 g/mol. The third-order valence-corrected chi connectivity index (χ3v) is 5.18. The number of hydrogen-bond donors (Lipinski definition) is 1. The van der Waals surface area contributed by atoms with Crippen molar-refractivity contribution in [2.75, 3.05) is 13.1 Å². The number of hydrogen-bond acceptors (Lipinski definition) is 3. The van der Waals surface area contributed by atoms with Crippen LogP contribution in [0.15, 0.2) is 41.8 Å². The molecule has 1 fully saturated rings. The maximum absolute atomic E-state index is 12.6. The number of nitrogens with zero attached hydrogens (tertiary/aromatic N) is 1. The van der Waals surface area contributed by atoms with Gasteiger partial charge in [0.2, 0.25) is 0 Å². The molecule has 1 saturated heterocycles. The van der Waals surface area contributed by atoms with Gasteiger partial charge in [-0.25, -0.2) is 0 Å². The summed E-state index contributed by atoms with van der Waals surface area (Å²) in [6.45, 7) is 1.07. The van der Waals surface area contributed by atoms with E-state index < -0.39 is 17.6 Å². The number of carbonyl (C=O) groups excluding carboxylic acids is 2. The summed E-state index contributed by atoms with van der Waals surface area (Å²) in [5, 5.41) is 4.68. The molecule has 1 N–H and O–H groups in total. The van der Waals surface area contributed by atoms with E-state index >= 15 is 0 Å². The van der Waals surface area contributed by atoms with Gasteiger partial charge in [0.15, 0.2) is 0 Å². The first-order chi connectivity index (χ1) is 12.3. The highest BCUT2D eigenvalue weighted by Crippen LogP contribution is 2.29. The molecule has 8 heteroatoms. The first-order valence-electron chi connectivity index (χ1n) is 8.15. The average Bonchev–Trinajstić information content (AvgIpc) is 3.16. The van der Waals surface area contributed by atoms with Gasteiger partial charge in [-0.1, -0.05) is 6.07 Å². The van der Waals surface area contributed by atoms with Crippen LogP contribution in [0.25, 0.3) is 0 Å². The second-order valence-corrected chi connectivity index (χ2v) is 7.04. The Morgan fingerprint density at radius 3 is 2.27 bits per heavy atom. The molecule has 2 aromatic rings. The Bertz CT molecular complexity index is 765. The number of thiophene rings is 1. The molecule has 0 radical (unpaired) electrons. The van der Waals surface area contributed by atoms with Crippen LogP contribution in [0.5, 0.6) is 0 Å².